The zero-order valence-electron chi connectivity index (χ0n) is 13.1. The van der Waals surface area contributed by atoms with Gasteiger partial charge in [0.15, 0.2) is 6.29 Å². The summed E-state index contributed by atoms with van der Waals surface area (Å²) in [6, 6.07) is 3.74. The van der Waals surface area contributed by atoms with Crippen LogP contribution in [0, 0.1) is 0 Å². The van der Waals surface area contributed by atoms with Crippen molar-refractivity contribution in [1.82, 2.24) is 4.57 Å². The molecule has 1 aromatic heterocycles. The second-order valence-corrected chi connectivity index (χ2v) is 6.68. The lowest BCUT2D eigenvalue weighted by Crippen LogP contribution is -2.13. The summed E-state index contributed by atoms with van der Waals surface area (Å²) in [5, 5.41) is 10.3. The van der Waals surface area contributed by atoms with Gasteiger partial charge in [-0.05, 0) is 37.0 Å². The van der Waals surface area contributed by atoms with Crippen molar-refractivity contribution in [1.29, 1.82) is 0 Å². The molecule has 1 aromatic carbocycles. The van der Waals surface area contributed by atoms with Crippen LogP contribution in [-0.4, -0.2) is 21.9 Å². The van der Waals surface area contributed by atoms with Gasteiger partial charge in [-0.25, -0.2) is 4.79 Å². The highest BCUT2D eigenvalue weighted by atomic mass is 16.4. The van der Waals surface area contributed by atoms with Crippen molar-refractivity contribution < 1.29 is 14.7 Å². The van der Waals surface area contributed by atoms with Crippen molar-refractivity contribution in [3.05, 3.63) is 35.0 Å². The summed E-state index contributed by atoms with van der Waals surface area (Å²) in [7, 11) is 0. The smallest absolute Gasteiger partial charge is 0.337 e. The van der Waals surface area contributed by atoms with E-state index in [9.17, 15) is 14.7 Å². The number of aromatic nitrogens is 1. The Bertz CT molecular complexity index is 718. The molecule has 0 radical (unpaired) electrons. The molecule has 0 bridgehead atoms. The van der Waals surface area contributed by atoms with Crippen LogP contribution < -0.4 is 0 Å². The summed E-state index contributed by atoms with van der Waals surface area (Å²) in [5.74, 6) is -0.969. The lowest BCUT2D eigenvalue weighted by molar-refractivity contribution is 0.0698. The first-order valence-corrected chi connectivity index (χ1v) is 7.04. The molecule has 2 aromatic rings. The van der Waals surface area contributed by atoms with Crippen LogP contribution in [0.15, 0.2) is 18.3 Å². The van der Waals surface area contributed by atoms with Gasteiger partial charge in [-0.2, -0.15) is 0 Å². The van der Waals surface area contributed by atoms with Gasteiger partial charge in [-0.1, -0.05) is 20.8 Å². The van der Waals surface area contributed by atoms with Crippen molar-refractivity contribution in [2.45, 2.75) is 46.1 Å². The van der Waals surface area contributed by atoms with Gasteiger partial charge < -0.3 is 9.67 Å². The Morgan fingerprint density at radius 1 is 1.29 bits per heavy atom. The number of carbonyl (C=O) groups excluding carboxylic acids is 1. The monoisotopic (exact) mass is 287 g/mol. The third kappa shape index (κ3) is 2.58. The molecule has 21 heavy (non-hydrogen) atoms. The number of hydrogen-bond donors (Lipinski definition) is 1. The Labute approximate surface area is 124 Å². The van der Waals surface area contributed by atoms with Gasteiger partial charge in [0.2, 0.25) is 0 Å². The summed E-state index contributed by atoms with van der Waals surface area (Å²) in [6.07, 6.45) is 2.53. The summed E-state index contributed by atoms with van der Waals surface area (Å²) in [6.45, 7) is 10.0. The van der Waals surface area contributed by atoms with E-state index >= 15 is 0 Å². The van der Waals surface area contributed by atoms with E-state index in [0.717, 1.165) is 11.8 Å². The van der Waals surface area contributed by atoms with E-state index in [-0.39, 0.29) is 17.0 Å². The molecule has 4 heteroatoms. The van der Waals surface area contributed by atoms with Gasteiger partial charge in [0.05, 0.1) is 11.1 Å². The molecular formula is C17H21NO3. The van der Waals surface area contributed by atoms with Gasteiger partial charge in [-0.3, -0.25) is 4.79 Å². The number of carboxylic acids is 1. The SMILES string of the molecule is CC(C)n1cc(C=O)c2cc(C(C)(C)C)cc(C(=O)O)c21. The number of aromatic carboxylic acids is 1. The fourth-order valence-electron chi connectivity index (χ4n) is 2.51. The number of fused-ring (bicyclic) bond motifs is 1. The lowest BCUT2D eigenvalue weighted by atomic mass is 9.85. The molecule has 0 fully saturated rings. The first-order valence-electron chi connectivity index (χ1n) is 7.04. The van der Waals surface area contributed by atoms with Gasteiger partial charge in [0, 0.05) is 23.2 Å². The maximum absolute atomic E-state index is 11.7. The van der Waals surface area contributed by atoms with E-state index in [1.54, 1.807) is 12.3 Å². The number of nitrogens with zero attached hydrogens (tertiary/aromatic N) is 1. The second-order valence-electron chi connectivity index (χ2n) is 6.68. The minimum Gasteiger partial charge on any atom is -0.478 e. The summed E-state index contributed by atoms with van der Waals surface area (Å²) in [4.78, 5) is 23.0. The average molecular weight is 287 g/mol. The molecule has 1 heterocycles. The number of carbonyl (C=O) groups is 2. The molecule has 0 spiro atoms. The zero-order chi connectivity index (χ0) is 15.9. The van der Waals surface area contributed by atoms with E-state index in [1.165, 1.54) is 0 Å². The number of aldehydes is 1. The van der Waals surface area contributed by atoms with E-state index in [4.69, 9.17) is 0 Å². The molecule has 0 aliphatic heterocycles. The molecule has 0 saturated carbocycles. The number of carboxylic acid groups (broad SMARTS) is 1. The summed E-state index contributed by atoms with van der Waals surface area (Å²) >= 11 is 0. The predicted molar refractivity (Wildman–Crippen MR) is 83.4 cm³/mol. The van der Waals surface area contributed by atoms with Crippen molar-refractivity contribution in [3.8, 4) is 0 Å². The van der Waals surface area contributed by atoms with Crippen LogP contribution in [0.3, 0.4) is 0 Å². The van der Waals surface area contributed by atoms with E-state index in [0.29, 0.717) is 16.5 Å². The maximum Gasteiger partial charge on any atom is 0.337 e. The largest absolute Gasteiger partial charge is 0.478 e. The molecular weight excluding hydrogens is 266 g/mol. The molecule has 4 nitrogen and oxygen atoms in total. The lowest BCUT2D eigenvalue weighted by Gasteiger charge is -2.21. The minimum atomic E-state index is -0.969. The standard InChI is InChI=1S/C17H21NO3/c1-10(2)18-8-11(9-19)13-6-12(17(3,4)5)7-14(15(13)18)16(20)21/h6-10H,1-5H3,(H,20,21). The molecule has 0 aliphatic carbocycles. The van der Waals surface area contributed by atoms with Crippen LogP contribution >= 0.6 is 0 Å². The molecule has 0 amide bonds. The normalized spacial score (nSPS) is 12.1. The highest BCUT2D eigenvalue weighted by molar-refractivity contribution is 6.08. The quantitative estimate of drug-likeness (QED) is 0.867. The first-order chi connectivity index (χ1) is 9.66. The predicted octanol–water partition coefficient (Wildman–Crippen LogP) is 4.03. The van der Waals surface area contributed by atoms with Crippen molar-refractivity contribution in [2.75, 3.05) is 0 Å². The topological polar surface area (TPSA) is 59.3 Å². The van der Waals surface area contributed by atoms with Crippen LogP contribution in [0.5, 0.6) is 0 Å². The van der Waals surface area contributed by atoms with Crippen LogP contribution in [0.25, 0.3) is 10.9 Å². The second kappa shape index (κ2) is 5.02. The van der Waals surface area contributed by atoms with Crippen molar-refractivity contribution in [3.63, 3.8) is 0 Å². The molecule has 1 N–H and O–H groups in total. The maximum atomic E-state index is 11.7. The molecule has 2 rings (SSSR count). The van der Waals surface area contributed by atoms with Gasteiger partial charge in [0.1, 0.15) is 0 Å². The number of benzene rings is 1. The molecule has 0 atom stereocenters. The highest BCUT2D eigenvalue weighted by Crippen LogP contribution is 2.33. The first kappa shape index (κ1) is 15.3. The number of rotatable bonds is 3. The Balaban J connectivity index is 2.96. The Morgan fingerprint density at radius 2 is 1.90 bits per heavy atom. The van der Waals surface area contributed by atoms with Gasteiger partial charge in [0.25, 0.3) is 0 Å². The van der Waals surface area contributed by atoms with Crippen LogP contribution in [0.1, 0.15) is 66.9 Å². The average Bonchev–Trinajstić information content (AvgIpc) is 2.75. The van der Waals surface area contributed by atoms with Crippen LogP contribution in [-0.2, 0) is 5.41 Å². The highest BCUT2D eigenvalue weighted by Gasteiger charge is 2.23. The van der Waals surface area contributed by atoms with Crippen molar-refractivity contribution >= 4 is 23.2 Å². The Morgan fingerprint density at radius 3 is 2.33 bits per heavy atom. The van der Waals surface area contributed by atoms with E-state index < -0.39 is 5.97 Å². The fourth-order valence-corrected chi connectivity index (χ4v) is 2.51. The van der Waals surface area contributed by atoms with Gasteiger partial charge in [-0.15, -0.1) is 0 Å². The molecule has 0 saturated heterocycles. The van der Waals surface area contributed by atoms with Gasteiger partial charge >= 0.3 is 5.97 Å². The van der Waals surface area contributed by atoms with E-state index in [2.05, 4.69) is 0 Å². The zero-order valence-corrected chi connectivity index (χ0v) is 13.1. The van der Waals surface area contributed by atoms with E-state index in [1.807, 2.05) is 45.3 Å². The van der Waals surface area contributed by atoms with Crippen LogP contribution in [0.4, 0.5) is 0 Å². The summed E-state index contributed by atoms with van der Waals surface area (Å²) in [5.41, 5.74) is 2.13. The van der Waals surface area contributed by atoms with Crippen molar-refractivity contribution in [2.24, 2.45) is 0 Å². The molecule has 0 unspecified atom stereocenters. The molecule has 112 valence electrons. The minimum absolute atomic E-state index is 0.0831. The fraction of sp³-hybridized carbons (Fsp3) is 0.412. The molecule has 0 aliphatic rings. The Hall–Kier alpha value is -2.10. The third-order valence-electron chi connectivity index (χ3n) is 3.74. The van der Waals surface area contributed by atoms with Crippen LogP contribution in [0.2, 0.25) is 0 Å². The third-order valence-corrected chi connectivity index (χ3v) is 3.74. The summed E-state index contributed by atoms with van der Waals surface area (Å²) < 4.78 is 1.86. The number of hydrogen-bond acceptors (Lipinski definition) is 2. The Kier molecular flexibility index (Phi) is 3.66.